The number of ether oxygens (including phenoxy) is 1. The van der Waals surface area contributed by atoms with E-state index in [1.165, 1.54) is 38.5 Å². The van der Waals surface area contributed by atoms with E-state index in [1.54, 1.807) is 0 Å². The zero-order valence-corrected chi connectivity index (χ0v) is 8.09. The van der Waals surface area contributed by atoms with Crippen LogP contribution in [0.5, 0.6) is 0 Å². The summed E-state index contributed by atoms with van der Waals surface area (Å²) in [4.78, 5) is 0. The third-order valence-corrected chi connectivity index (χ3v) is 3.56. The van der Waals surface area contributed by atoms with Gasteiger partial charge in [0.25, 0.3) is 0 Å². The fraction of sp³-hybridized carbons (Fsp3) is 1.00. The standard InChI is InChI=1S/C11H20O/c1-9-8-12-11-7-5-3-2-4-6-10(9)11/h9-11H,2-8H2,1H3/t9-,10+,11+/m0/s1. The van der Waals surface area contributed by atoms with Gasteiger partial charge in [0.15, 0.2) is 0 Å². The van der Waals surface area contributed by atoms with Gasteiger partial charge >= 0.3 is 0 Å². The molecule has 0 aromatic heterocycles. The SMILES string of the molecule is C[C@H]1CO[C@@H]2CCCCCC[C@H]12. The van der Waals surface area contributed by atoms with E-state index in [9.17, 15) is 0 Å². The fourth-order valence-corrected chi connectivity index (χ4v) is 2.74. The monoisotopic (exact) mass is 168 g/mol. The Morgan fingerprint density at radius 1 is 1.00 bits per heavy atom. The predicted molar refractivity (Wildman–Crippen MR) is 50.1 cm³/mol. The van der Waals surface area contributed by atoms with Gasteiger partial charge in [0.05, 0.1) is 6.10 Å². The molecule has 1 heterocycles. The zero-order valence-electron chi connectivity index (χ0n) is 8.09. The molecule has 1 aliphatic heterocycles. The van der Waals surface area contributed by atoms with E-state index in [4.69, 9.17) is 4.74 Å². The Labute approximate surface area is 75.5 Å². The van der Waals surface area contributed by atoms with Gasteiger partial charge in [0.1, 0.15) is 0 Å². The van der Waals surface area contributed by atoms with E-state index in [0.717, 1.165) is 18.4 Å². The minimum absolute atomic E-state index is 0.625. The third kappa shape index (κ3) is 1.66. The molecule has 1 nitrogen and oxygen atoms in total. The van der Waals surface area contributed by atoms with Crippen molar-refractivity contribution in [2.75, 3.05) is 6.61 Å². The van der Waals surface area contributed by atoms with Crippen molar-refractivity contribution in [3.05, 3.63) is 0 Å². The van der Waals surface area contributed by atoms with Crippen molar-refractivity contribution in [3.8, 4) is 0 Å². The first kappa shape index (κ1) is 8.55. The molecule has 1 aliphatic carbocycles. The summed E-state index contributed by atoms with van der Waals surface area (Å²) >= 11 is 0. The predicted octanol–water partition coefficient (Wildman–Crippen LogP) is 2.99. The lowest BCUT2D eigenvalue weighted by Gasteiger charge is -2.23. The molecule has 2 aliphatic rings. The van der Waals surface area contributed by atoms with Crippen molar-refractivity contribution < 1.29 is 4.74 Å². The lowest BCUT2D eigenvalue weighted by Crippen LogP contribution is -2.20. The lowest BCUT2D eigenvalue weighted by atomic mass is 9.83. The van der Waals surface area contributed by atoms with E-state index in [0.29, 0.717) is 6.10 Å². The smallest absolute Gasteiger partial charge is 0.0606 e. The first-order valence-electron chi connectivity index (χ1n) is 5.49. The molecule has 0 N–H and O–H groups in total. The average Bonchev–Trinajstić information content (AvgIpc) is 2.31. The summed E-state index contributed by atoms with van der Waals surface area (Å²) in [6.07, 6.45) is 9.10. The van der Waals surface area contributed by atoms with Gasteiger partial charge in [-0.3, -0.25) is 0 Å². The molecular formula is C11H20O. The van der Waals surface area contributed by atoms with Gasteiger partial charge in [-0.05, 0) is 24.7 Å². The summed E-state index contributed by atoms with van der Waals surface area (Å²) in [6, 6.07) is 0. The average molecular weight is 168 g/mol. The van der Waals surface area contributed by atoms with Gasteiger partial charge < -0.3 is 4.74 Å². The maximum Gasteiger partial charge on any atom is 0.0606 e. The van der Waals surface area contributed by atoms with Crippen molar-refractivity contribution in [2.45, 2.75) is 51.6 Å². The normalized spacial score (nSPS) is 43.2. The summed E-state index contributed by atoms with van der Waals surface area (Å²) in [5, 5.41) is 0. The van der Waals surface area contributed by atoms with Gasteiger partial charge in [-0.15, -0.1) is 0 Å². The van der Waals surface area contributed by atoms with Crippen LogP contribution in [0, 0.1) is 11.8 Å². The molecule has 1 saturated heterocycles. The van der Waals surface area contributed by atoms with Crippen LogP contribution in [0.15, 0.2) is 0 Å². The zero-order chi connectivity index (χ0) is 8.39. The molecule has 0 radical (unpaired) electrons. The maximum absolute atomic E-state index is 5.80. The molecule has 0 unspecified atom stereocenters. The van der Waals surface area contributed by atoms with E-state index in [1.807, 2.05) is 0 Å². The van der Waals surface area contributed by atoms with E-state index < -0.39 is 0 Å². The van der Waals surface area contributed by atoms with Crippen molar-refractivity contribution >= 4 is 0 Å². The molecule has 0 spiro atoms. The Bertz CT molecular complexity index is 144. The van der Waals surface area contributed by atoms with Gasteiger partial charge in [-0.25, -0.2) is 0 Å². The van der Waals surface area contributed by atoms with Crippen LogP contribution in [0.1, 0.15) is 45.4 Å². The summed E-state index contributed by atoms with van der Waals surface area (Å²) in [7, 11) is 0. The van der Waals surface area contributed by atoms with Gasteiger partial charge in [-0.2, -0.15) is 0 Å². The molecule has 70 valence electrons. The summed E-state index contributed by atoms with van der Waals surface area (Å²) in [6.45, 7) is 3.38. The Morgan fingerprint density at radius 2 is 1.75 bits per heavy atom. The molecule has 0 bridgehead atoms. The van der Waals surface area contributed by atoms with Crippen LogP contribution in [0.2, 0.25) is 0 Å². The number of hydrogen-bond acceptors (Lipinski definition) is 1. The molecule has 2 rings (SSSR count). The topological polar surface area (TPSA) is 9.23 Å². The highest BCUT2D eigenvalue weighted by atomic mass is 16.5. The van der Waals surface area contributed by atoms with Crippen LogP contribution in [-0.4, -0.2) is 12.7 Å². The van der Waals surface area contributed by atoms with Crippen molar-refractivity contribution in [2.24, 2.45) is 11.8 Å². The first-order chi connectivity index (χ1) is 5.88. The van der Waals surface area contributed by atoms with Crippen LogP contribution in [-0.2, 0) is 4.74 Å². The van der Waals surface area contributed by atoms with Gasteiger partial charge in [0, 0.05) is 6.61 Å². The molecule has 0 aromatic carbocycles. The fourth-order valence-electron chi connectivity index (χ4n) is 2.74. The molecule has 0 aromatic rings. The summed E-state index contributed by atoms with van der Waals surface area (Å²) < 4.78 is 5.80. The largest absolute Gasteiger partial charge is 0.378 e. The highest BCUT2D eigenvalue weighted by Crippen LogP contribution is 2.35. The Morgan fingerprint density at radius 3 is 2.58 bits per heavy atom. The minimum atomic E-state index is 0.625. The molecule has 3 atom stereocenters. The third-order valence-electron chi connectivity index (χ3n) is 3.56. The van der Waals surface area contributed by atoms with Crippen LogP contribution < -0.4 is 0 Å². The van der Waals surface area contributed by atoms with E-state index in [-0.39, 0.29) is 0 Å². The van der Waals surface area contributed by atoms with Crippen molar-refractivity contribution in [1.29, 1.82) is 0 Å². The Hall–Kier alpha value is -0.0400. The van der Waals surface area contributed by atoms with Crippen molar-refractivity contribution in [1.82, 2.24) is 0 Å². The second kappa shape index (κ2) is 3.78. The van der Waals surface area contributed by atoms with Gasteiger partial charge in [-0.1, -0.05) is 32.6 Å². The van der Waals surface area contributed by atoms with E-state index >= 15 is 0 Å². The van der Waals surface area contributed by atoms with Crippen LogP contribution in [0.4, 0.5) is 0 Å². The molecule has 1 heteroatoms. The second-order valence-corrected chi connectivity index (χ2v) is 4.50. The number of rotatable bonds is 0. The maximum atomic E-state index is 5.80. The van der Waals surface area contributed by atoms with Crippen molar-refractivity contribution in [3.63, 3.8) is 0 Å². The Balaban J connectivity index is 1.95. The van der Waals surface area contributed by atoms with Gasteiger partial charge in [0.2, 0.25) is 0 Å². The number of hydrogen-bond donors (Lipinski definition) is 0. The van der Waals surface area contributed by atoms with Crippen LogP contribution >= 0.6 is 0 Å². The van der Waals surface area contributed by atoms with Crippen LogP contribution in [0.25, 0.3) is 0 Å². The molecule has 2 fully saturated rings. The summed E-state index contributed by atoms with van der Waals surface area (Å²) in [5.74, 6) is 1.72. The quantitative estimate of drug-likeness (QED) is 0.540. The minimum Gasteiger partial charge on any atom is -0.378 e. The molecular weight excluding hydrogens is 148 g/mol. The molecule has 0 amide bonds. The summed E-state index contributed by atoms with van der Waals surface area (Å²) in [5.41, 5.74) is 0. The number of fused-ring (bicyclic) bond motifs is 1. The van der Waals surface area contributed by atoms with E-state index in [2.05, 4.69) is 6.92 Å². The first-order valence-corrected chi connectivity index (χ1v) is 5.49. The highest BCUT2D eigenvalue weighted by Gasteiger charge is 2.33. The second-order valence-electron chi connectivity index (χ2n) is 4.50. The lowest BCUT2D eigenvalue weighted by molar-refractivity contribution is 0.0750. The van der Waals surface area contributed by atoms with Crippen LogP contribution in [0.3, 0.4) is 0 Å². The molecule has 1 saturated carbocycles. The molecule has 12 heavy (non-hydrogen) atoms. The Kier molecular flexibility index (Phi) is 2.69. The highest BCUT2D eigenvalue weighted by molar-refractivity contribution is 4.82.